The van der Waals surface area contributed by atoms with Crippen molar-refractivity contribution in [3.63, 3.8) is 0 Å². The zero-order valence-corrected chi connectivity index (χ0v) is 49.2. The Bertz CT molecular complexity index is 2010. The molecular formula is C59H99N3O9S2. The molecule has 0 radical (unpaired) electrons. The monoisotopic (exact) mass is 1060 g/mol. The van der Waals surface area contributed by atoms with Crippen molar-refractivity contribution < 1.29 is 43.7 Å². The molecule has 1 amide bonds. The first-order valence-corrected chi connectivity index (χ1v) is 30.1. The van der Waals surface area contributed by atoms with Gasteiger partial charge in [0.2, 0.25) is 5.91 Å². The van der Waals surface area contributed by atoms with Crippen LogP contribution in [-0.4, -0.2) is 123 Å². The van der Waals surface area contributed by atoms with Crippen LogP contribution in [0.3, 0.4) is 0 Å². The molecule has 0 aromatic carbocycles. The molecule has 6 aliphatic rings. The van der Waals surface area contributed by atoms with Crippen LogP contribution in [0.4, 0.5) is 0 Å². The third-order valence-electron chi connectivity index (χ3n) is 21.1. The zero-order valence-electron chi connectivity index (χ0n) is 47.6. The molecule has 6 aliphatic carbocycles. The van der Waals surface area contributed by atoms with Crippen molar-refractivity contribution in [3.05, 3.63) is 25.3 Å². The minimum absolute atomic E-state index is 0.00828. The number of Topliss-reactive ketones (excluding diaryl/α,β-unsaturated/α-hetero) is 2. The quantitative estimate of drug-likeness (QED) is 0.0579. The van der Waals surface area contributed by atoms with E-state index in [0.717, 1.165) is 63.9 Å². The molecule has 0 saturated heterocycles. The van der Waals surface area contributed by atoms with Crippen molar-refractivity contribution in [1.29, 1.82) is 0 Å². The fourth-order valence-corrected chi connectivity index (χ4v) is 16.8. The highest BCUT2D eigenvalue weighted by molar-refractivity contribution is 8.01. The maximum Gasteiger partial charge on any atom is 0.316 e. The van der Waals surface area contributed by atoms with E-state index in [9.17, 15) is 34.2 Å². The second-order valence-corrected chi connectivity index (χ2v) is 28.5. The Morgan fingerprint density at radius 1 is 0.781 bits per heavy atom. The standard InChI is InChI=1S/C31H52N2O5S.C28H47NO4S/c1-10-29(8)15-22(38-23(35)16-39-28(6,7)17-33-27(37)24(32)18(2)3)30(9)19(4)11-13-31(20(5)26(29)36)14-12-21(34)25(30)31;1-8-26(6)17-22(33-23(31)18-34-16-15-29(9-2)10-3)27(7)19(4)11-13-28(20(5)25(26)32)14-12-21(30)24(27)28/h10,18-20,22,24-26,36H,1,11-17,32H2,2-9H3,(H,33,37);8,19-20,22,24-25,32H,1,9-18H2,2-7H3/t19-,20+,22-,24-,25+,26+,29-,30+,31+;19?,20-,22+,24-,25-,26+,27+,28-/m10/s1. The zero-order chi connectivity index (χ0) is 54.9. The molecule has 4 bridgehead atoms. The lowest BCUT2D eigenvalue weighted by molar-refractivity contribution is -0.205. The van der Waals surface area contributed by atoms with E-state index in [-0.39, 0.29) is 81.6 Å². The van der Waals surface area contributed by atoms with Gasteiger partial charge in [-0.1, -0.05) is 95.2 Å². The third-order valence-corrected chi connectivity index (χ3v) is 23.3. The van der Waals surface area contributed by atoms with Crippen molar-refractivity contribution in [2.45, 2.75) is 196 Å². The fraction of sp³-hybridized carbons (Fsp3) is 0.847. The molecule has 0 aromatic heterocycles. The largest absolute Gasteiger partial charge is 0.461 e. The Hall–Kier alpha value is -2.23. The Balaban J connectivity index is 0.000000273. The van der Waals surface area contributed by atoms with Crippen molar-refractivity contribution in [3.8, 4) is 0 Å². The average Bonchev–Trinajstić information content (AvgIpc) is 3.90. The van der Waals surface area contributed by atoms with Crippen LogP contribution in [0.2, 0.25) is 0 Å². The number of nitrogens with two attached hydrogens (primary N) is 1. The predicted molar refractivity (Wildman–Crippen MR) is 297 cm³/mol. The van der Waals surface area contributed by atoms with Gasteiger partial charge in [0.05, 0.1) is 29.8 Å². The molecule has 6 saturated carbocycles. The number of ketones is 2. The van der Waals surface area contributed by atoms with E-state index >= 15 is 0 Å². The molecule has 416 valence electrons. The molecule has 6 rings (SSSR count). The van der Waals surface area contributed by atoms with Crippen LogP contribution in [0, 0.1) is 73.9 Å². The number of amides is 1. The van der Waals surface area contributed by atoms with Crippen molar-refractivity contribution in [2.75, 3.05) is 43.4 Å². The molecule has 0 aromatic rings. The Kier molecular flexibility index (Phi) is 20.1. The Morgan fingerprint density at radius 3 is 1.60 bits per heavy atom. The van der Waals surface area contributed by atoms with Gasteiger partial charge < -0.3 is 35.6 Å². The SMILES string of the molecule is C=C[C@]1(C)C[C@@H](OC(=O)CSC(C)(C)CNC(=O)[C@H](N)C(C)C)[C@]2(C)[C@H](C)CC[C@]3(CCC(=O)[C@H]32)[C@@H](C)[C@@H]1O.C=C[C@]1(C)C[C@@H](OC(=O)CSCCN(CC)CC)[C@@]2(C)C(C)CC[C@]3(CCC(=O)[C@H]32)[C@@H](C)[C@@H]1O. The minimum atomic E-state index is -0.684. The summed E-state index contributed by atoms with van der Waals surface area (Å²) in [5, 5.41) is 26.2. The van der Waals surface area contributed by atoms with Gasteiger partial charge in [-0.15, -0.1) is 36.7 Å². The summed E-state index contributed by atoms with van der Waals surface area (Å²) < 4.78 is 12.2. The first kappa shape index (κ1) is 61.6. The molecular weight excluding hydrogens is 959 g/mol. The van der Waals surface area contributed by atoms with Crippen molar-refractivity contribution in [1.82, 2.24) is 10.2 Å². The van der Waals surface area contributed by atoms with E-state index in [0.29, 0.717) is 43.8 Å². The molecule has 6 fully saturated rings. The number of rotatable bonds is 18. The van der Waals surface area contributed by atoms with Gasteiger partial charge in [-0.25, -0.2) is 0 Å². The van der Waals surface area contributed by atoms with Gasteiger partial charge in [-0.05, 0) is 119 Å². The molecule has 17 atom stereocenters. The van der Waals surface area contributed by atoms with Crippen molar-refractivity contribution in [2.24, 2.45) is 79.6 Å². The molecule has 0 spiro atoms. The summed E-state index contributed by atoms with van der Waals surface area (Å²) in [5.41, 5.74) is 3.24. The van der Waals surface area contributed by atoms with Crippen LogP contribution in [0.1, 0.15) is 161 Å². The summed E-state index contributed by atoms with van der Waals surface area (Å²) >= 11 is 3.04. The maximum atomic E-state index is 13.5. The lowest BCUT2D eigenvalue weighted by Crippen LogP contribution is -2.63. The number of carbonyl (C=O) groups excluding carboxylic acids is 5. The summed E-state index contributed by atoms with van der Waals surface area (Å²) in [6.07, 6.45) is 8.82. The number of aliphatic hydroxyl groups excluding tert-OH is 2. The molecule has 0 heterocycles. The summed E-state index contributed by atoms with van der Waals surface area (Å²) in [6.45, 7) is 40.6. The van der Waals surface area contributed by atoms with Gasteiger partial charge in [-0.2, -0.15) is 0 Å². The second kappa shape index (κ2) is 23.8. The lowest BCUT2D eigenvalue weighted by Gasteiger charge is -2.61. The molecule has 5 N–H and O–H groups in total. The molecule has 1 unspecified atom stereocenters. The minimum Gasteiger partial charge on any atom is -0.461 e. The normalized spacial score (nSPS) is 40.6. The molecule has 73 heavy (non-hydrogen) atoms. The number of hydrogen-bond donors (Lipinski definition) is 4. The predicted octanol–water partition coefficient (Wildman–Crippen LogP) is 9.47. The molecule has 12 nitrogen and oxygen atoms in total. The summed E-state index contributed by atoms with van der Waals surface area (Å²) in [5.74, 6) is 1.13. The highest BCUT2D eigenvalue weighted by atomic mass is 32.2. The fourth-order valence-electron chi connectivity index (χ4n) is 15.3. The average molecular weight is 1060 g/mol. The topological polar surface area (TPSA) is 186 Å². The van der Waals surface area contributed by atoms with Gasteiger partial charge in [0.25, 0.3) is 0 Å². The summed E-state index contributed by atoms with van der Waals surface area (Å²) in [7, 11) is 0. The highest BCUT2D eigenvalue weighted by Gasteiger charge is 2.70. The van der Waals surface area contributed by atoms with Crippen molar-refractivity contribution >= 4 is 52.9 Å². The summed E-state index contributed by atoms with van der Waals surface area (Å²) in [6, 6.07) is -0.573. The van der Waals surface area contributed by atoms with Gasteiger partial charge in [0, 0.05) is 69.9 Å². The number of nitrogens with zero attached hydrogens (tertiary/aromatic N) is 1. The number of aliphatic hydroxyl groups is 2. The number of nitrogens with one attached hydrogen (secondary N) is 1. The van der Waals surface area contributed by atoms with E-state index in [2.05, 4.69) is 78.8 Å². The smallest absolute Gasteiger partial charge is 0.316 e. The first-order valence-electron chi connectivity index (χ1n) is 28.0. The van der Waals surface area contributed by atoms with Crippen LogP contribution in [0.25, 0.3) is 0 Å². The van der Waals surface area contributed by atoms with E-state index in [4.69, 9.17) is 15.2 Å². The number of carbonyl (C=O) groups is 5. The van der Waals surface area contributed by atoms with Crippen LogP contribution < -0.4 is 11.1 Å². The number of esters is 2. The highest BCUT2D eigenvalue weighted by Crippen LogP contribution is 2.69. The first-order chi connectivity index (χ1) is 33.9. The van der Waals surface area contributed by atoms with Crippen LogP contribution in [-0.2, 0) is 33.4 Å². The lowest BCUT2D eigenvalue weighted by atomic mass is 9.44. The third kappa shape index (κ3) is 11.8. The van der Waals surface area contributed by atoms with Gasteiger partial charge in [0.1, 0.15) is 23.8 Å². The maximum absolute atomic E-state index is 13.5. The van der Waals surface area contributed by atoms with E-state index < -0.39 is 56.9 Å². The van der Waals surface area contributed by atoms with Gasteiger partial charge in [0.15, 0.2) is 0 Å². The number of hydrogen-bond acceptors (Lipinski definition) is 13. The van der Waals surface area contributed by atoms with Crippen LogP contribution >= 0.6 is 23.5 Å². The number of ether oxygens (including phenoxy) is 2. The summed E-state index contributed by atoms with van der Waals surface area (Å²) in [4.78, 5) is 68.1. The van der Waals surface area contributed by atoms with E-state index in [1.165, 1.54) is 11.8 Å². The Morgan fingerprint density at radius 2 is 1.21 bits per heavy atom. The second-order valence-electron chi connectivity index (χ2n) is 25.7. The van der Waals surface area contributed by atoms with Crippen LogP contribution in [0.15, 0.2) is 25.3 Å². The molecule has 0 aliphatic heterocycles. The van der Waals surface area contributed by atoms with Gasteiger partial charge in [-0.3, -0.25) is 24.0 Å². The molecule has 14 heteroatoms. The van der Waals surface area contributed by atoms with E-state index in [1.807, 2.05) is 53.7 Å². The van der Waals surface area contributed by atoms with Crippen LogP contribution in [0.5, 0.6) is 0 Å². The number of thioether (sulfide) groups is 2. The Labute approximate surface area is 449 Å². The van der Waals surface area contributed by atoms with E-state index in [1.54, 1.807) is 11.8 Å². The van der Waals surface area contributed by atoms with Gasteiger partial charge >= 0.3 is 11.9 Å².